The lowest BCUT2D eigenvalue weighted by atomic mass is 9.78. The van der Waals surface area contributed by atoms with Crippen molar-refractivity contribution < 1.29 is 4.74 Å². The Morgan fingerprint density at radius 3 is 1.68 bits per heavy atom. The average molecular weight is 525 g/mol. The van der Waals surface area contributed by atoms with E-state index in [4.69, 9.17) is 4.74 Å². The van der Waals surface area contributed by atoms with E-state index >= 15 is 0 Å². The average Bonchev–Trinajstić information content (AvgIpc) is 2.96. The van der Waals surface area contributed by atoms with Crippen LogP contribution in [0.4, 0.5) is 0 Å². The predicted molar refractivity (Wildman–Crippen MR) is 167 cm³/mol. The molecule has 0 unspecified atom stereocenters. The zero-order valence-electron chi connectivity index (χ0n) is 25.7. The maximum Gasteiger partial charge on any atom is 0.0575 e. The molecule has 0 radical (unpaired) electrons. The van der Waals surface area contributed by atoms with Crippen LogP contribution in [-0.2, 0) is 11.2 Å². The van der Waals surface area contributed by atoms with E-state index in [0.717, 1.165) is 24.4 Å². The van der Waals surface area contributed by atoms with Crippen LogP contribution in [0.3, 0.4) is 0 Å². The normalized spacial score (nSPS) is 24.1. The number of rotatable bonds is 20. The molecule has 0 atom stereocenters. The minimum absolute atomic E-state index is 0.520. The van der Waals surface area contributed by atoms with Gasteiger partial charge in [-0.2, -0.15) is 0 Å². The molecule has 2 aliphatic carbocycles. The Kier molecular flexibility index (Phi) is 16.8. The zero-order chi connectivity index (χ0) is 26.7. The highest BCUT2D eigenvalue weighted by Crippen LogP contribution is 2.36. The zero-order valence-corrected chi connectivity index (χ0v) is 25.7. The summed E-state index contributed by atoms with van der Waals surface area (Å²) in [5.74, 6) is 2.78. The van der Waals surface area contributed by atoms with Crippen LogP contribution in [0, 0.1) is 11.8 Å². The van der Waals surface area contributed by atoms with E-state index in [-0.39, 0.29) is 0 Å². The summed E-state index contributed by atoms with van der Waals surface area (Å²) in [5.41, 5.74) is 3.10. The molecule has 0 spiro atoms. The van der Waals surface area contributed by atoms with Crippen molar-refractivity contribution in [1.29, 1.82) is 0 Å². The molecule has 2 aliphatic rings. The number of aryl methyl sites for hydroxylation is 1. The highest BCUT2D eigenvalue weighted by molar-refractivity contribution is 5.26. The molecule has 0 aromatic heterocycles. The fourth-order valence-corrected chi connectivity index (χ4v) is 7.27. The van der Waals surface area contributed by atoms with E-state index in [1.807, 2.05) is 0 Å². The van der Waals surface area contributed by atoms with Gasteiger partial charge in [-0.25, -0.2) is 0 Å². The Morgan fingerprint density at radius 2 is 1.08 bits per heavy atom. The van der Waals surface area contributed by atoms with Gasteiger partial charge in [-0.1, -0.05) is 141 Å². The van der Waals surface area contributed by atoms with E-state index < -0.39 is 0 Å². The van der Waals surface area contributed by atoms with Gasteiger partial charge in [0.1, 0.15) is 0 Å². The van der Waals surface area contributed by atoms with Crippen LogP contribution in [-0.4, -0.2) is 12.7 Å². The minimum atomic E-state index is 0.520. The van der Waals surface area contributed by atoms with Crippen molar-refractivity contribution in [2.75, 3.05) is 6.61 Å². The molecule has 0 amide bonds. The Balaban J connectivity index is 1.17. The van der Waals surface area contributed by atoms with E-state index in [0.29, 0.717) is 6.10 Å². The Bertz CT molecular complexity index is 662. The summed E-state index contributed by atoms with van der Waals surface area (Å²) in [5, 5.41) is 0. The van der Waals surface area contributed by atoms with E-state index in [9.17, 15) is 0 Å². The SMILES string of the molecule is CCCCCCCCCC1CCC(CCCOC2CCC(c3ccc(CCCCCCC)cc3)CC2)CC1. The molecule has 0 N–H and O–H groups in total. The van der Waals surface area contributed by atoms with Gasteiger partial charge in [0.05, 0.1) is 6.10 Å². The van der Waals surface area contributed by atoms with Gasteiger partial charge >= 0.3 is 0 Å². The summed E-state index contributed by atoms with van der Waals surface area (Å²) in [7, 11) is 0. The molecule has 0 saturated heterocycles. The Morgan fingerprint density at radius 1 is 0.553 bits per heavy atom. The lowest BCUT2D eigenvalue weighted by Crippen LogP contribution is -2.21. The third-order valence-corrected chi connectivity index (χ3v) is 9.99. The van der Waals surface area contributed by atoms with Crippen LogP contribution in [0.5, 0.6) is 0 Å². The van der Waals surface area contributed by atoms with Crippen molar-refractivity contribution in [3.63, 3.8) is 0 Å². The summed E-state index contributed by atoms with van der Waals surface area (Å²) in [6.45, 7) is 5.61. The molecule has 1 nitrogen and oxygen atoms in total. The van der Waals surface area contributed by atoms with Gasteiger partial charge in [0, 0.05) is 6.61 Å². The topological polar surface area (TPSA) is 9.23 Å². The van der Waals surface area contributed by atoms with Crippen molar-refractivity contribution in [3.05, 3.63) is 35.4 Å². The van der Waals surface area contributed by atoms with Gasteiger partial charge in [0.15, 0.2) is 0 Å². The van der Waals surface area contributed by atoms with Crippen molar-refractivity contribution in [2.45, 2.75) is 180 Å². The molecular formula is C37H64O. The number of unbranched alkanes of at least 4 members (excludes halogenated alkanes) is 10. The maximum atomic E-state index is 6.37. The van der Waals surface area contributed by atoms with Crippen LogP contribution in [0.15, 0.2) is 24.3 Å². The number of benzene rings is 1. The molecule has 38 heavy (non-hydrogen) atoms. The lowest BCUT2D eigenvalue weighted by molar-refractivity contribution is 0.0204. The second-order valence-electron chi connectivity index (χ2n) is 13.2. The molecule has 0 heterocycles. The third-order valence-electron chi connectivity index (χ3n) is 9.99. The molecule has 3 rings (SSSR count). The second-order valence-corrected chi connectivity index (χ2v) is 13.2. The standard InChI is InChI=1S/C37H64O/c1-3-5-7-9-10-12-14-16-32-19-21-34(22-20-32)18-15-31-38-37-29-27-36(28-30-37)35-25-23-33(24-26-35)17-13-11-8-6-4-2/h23-26,32,34,36-37H,3-22,27-31H2,1-2H3. The van der Waals surface area contributed by atoms with Gasteiger partial charge in [0.2, 0.25) is 0 Å². The Labute approximate surface area is 238 Å². The van der Waals surface area contributed by atoms with Gasteiger partial charge in [-0.15, -0.1) is 0 Å². The smallest absolute Gasteiger partial charge is 0.0575 e. The first kappa shape index (κ1) is 31.7. The quantitative estimate of drug-likeness (QED) is 0.154. The van der Waals surface area contributed by atoms with Crippen LogP contribution >= 0.6 is 0 Å². The van der Waals surface area contributed by atoms with E-state index in [2.05, 4.69) is 38.1 Å². The first-order valence-electron chi connectivity index (χ1n) is 17.5. The van der Waals surface area contributed by atoms with Gasteiger partial charge in [0.25, 0.3) is 0 Å². The molecule has 1 aromatic rings. The van der Waals surface area contributed by atoms with Crippen LogP contribution < -0.4 is 0 Å². The van der Waals surface area contributed by atoms with Crippen LogP contribution in [0.25, 0.3) is 0 Å². The van der Waals surface area contributed by atoms with Crippen molar-refractivity contribution in [3.8, 4) is 0 Å². The van der Waals surface area contributed by atoms with Crippen molar-refractivity contribution in [2.24, 2.45) is 11.8 Å². The molecule has 1 heteroatoms. The Hall–Kier alpha value is -0.820. The number of hydrogen-bond donors (Lipinski definition) is 0. The van der Waals surface area contributed by atoms with E-state index in [1.165, 1.54) is 160 Å². The van der Waals surface area contributed by atoms with Crippen LogP contribution in [0.1, 0.15) is 179 Å². The molecule has 2 saturated carbocycles. The summed E-state index contributed by atoms with van der Waals surface area (Å²) in [4.78, 5) is 0. The number of ether oxygens (including phenoxy) is 1. The number of hydrogen-bond acceptors (Lipinski definition) is 1. The van der Waals surface area contributed by atoms with Crippen LogP contribution in [0.2, 0.25) is 0 Å². The van der Waals surface area contributed by atoms with E-state index in [1.54, 1.807) is 5.56 Å². The van der Waals surface area contributed by atoms with Crippen molar-refractivity contribution in [1.82, 2.24) is 0 Å². The fraction of sp³-hybridized carbons (Fsp3) is 0.838. The predicted octanol–water partition coefficient (Wildman–Crippen LogP) is 12.0. The fourth-order valence-electron chi connectivity index (χ4n) is 7.27. The minimum Gasteiger partial charge on any atom is -0.378 e. The van der Waals surface area contributed by atoms with Gasteiger partial charge in [-0.05, 0) is 80.2 Å². The highest BCUT2D eigenvalue weighted by Gasteiger charge is 2.24. The molecule has 0 bridgehead atoms. The molecular weight excluding hydrogens is 460 g/mol. The first-order chi connectivity index (χ1) is 18.8. The van der Waals surface area contributed by atoms with Gasteiger partial charge in [-0.3, -0.25) is 0 Å². The first-order valence-corrected chi connectivity index (χ1v) is 17.5. The maximum absolute atomic E-state index is 6.37. The summed E-state index contributed by atoms with van der Waals surface area (Å²) < 4.78 is 6.37. The lowest BCUT2D eigenvalue weighted by Gasteiger charge is -2.30. The monoisotopic (exact) mass is 524 g/mol. The molecule has 1 aromatic carbocycles. The summed E-state index contributed by atoms with van der Waals surface area (Å²) in [6, 6.07) is 9.66. The van der Waals surface area contributed by atoms with Crippen molar-refractivity contribution >= 4 is 0 Å². The largest absolute Gasteiger partial charge is 0.378 e. The second kappa shape index (κ2) is 20.1. The molecule has 0 aliphatic heterocycles. The highest BCUT2D eigenvalue weighted by atomic mass is 16.5. The molecule has 2 fully saturated rings. The van der Waals surface area contributed by atoms with Gasteiger partial charge < -0.3 is 4.74 Å². The third kappa shape index (κ3) is 13.0. The summed E-state index contributed by atoms with van der Waals surface area (Å²) in [6.07, 6.45) is 34.1. The summed E-state index contributed by atoms with van der Waals surface area (Å²) >= 11 is 0. The molecule has 218 valence electrons.